The molecule has 0 spiro atoms. The number of rotatable bonds is 5. The van der Waals surface area contributed by atoms with Gasteiger partial charge in [-0.15, -0.1) is 0 Å². The van der Waals surface area contributed by atoms with E-state index in [9.17, 15) is 0 Å². The predicted octanol–water partition coefficient (Wildman–Crippen LogP) is 0.161. The summed E-state index contributed by atoms with van der Waals surface area (Å²) in [6.45, 7) is 8.29. The monoisotopic (exact) mass is 175 g/mol. The van der Waals surface area contributed by atoms with E-state index >= 15 is 0 Å². The fraction of sp³-hybridized carbons (Fsp3) is 0.857. The average molecular weight is 175 g/mol. The van der Waals surface area contributed by atoms with Crippen LogP contribution in [-0.4, -0.2) is 36.2 Å². The minimum atomic E-state index is 0.386. The molecule has 3 N–H and O–H groups in total. The van der Waals surface area contributed by atoms with Crippen LogP contribution < -0.4 is 11.1 Å². The van der Waals surface area contributed by atoms with Crippen molar-refractivity contribution in [2.45, 2.75) is 13.8 Å². The summed E-state index contributed by atoms with van der Waals surface area (Å²) >= 11 is 4.67. The summed E-state index contributed by atoms with van der Waals surface area (Å²) in [4.78, 5) is 2.31. The average Bonchev–Trinajstić information content (AvgIpc) is 1.98. The third-order valence-electron chi connectivity index (χ3n) is 1.62. The lowest BCUT2D eigenvalue weighted by atomic mass is 10.5. The highest BCUT2D eigenvalue weighted by Gasteiger charge is 1.96. The minimum Gasteiger partial charge on any atom is -0.376 e. The van der Waals surface area contributed by atoms with Gasteiger partial charge in [-0.25, -0.2) is 0 Å². The van der Waals surface area contributed by atoms with Crippen LogP contribution in [0.25, 0.3) is 0 Å². The maximum Gasteiger partial charge on any atom is 0.163 e. The topological polar surface area (TPSA) is 41.3 Å². The van der Waals surface area contributed by atoms with Crippen LogP contribution in [-0.2, 0) is 0 Å². The molecule has 0 amide bonds. The van der Waals surface area contributed by atoms with Crippen LogP contribution in [0.5, 0.6) is 0 Å². The first-order chi connectivity index (χ1) is 5.20. The second-order valence-corrected chi connectivity index (χ2v) is 2.76. The molecule has 0 aliphatic rings. The van der Waals surface area contributed by atoms with Gasteiger partial charge in [0.1, 0.15) is 0 Å². The summed E-state index contributed by atoms with van der Waals surface area (Å²) in [5.74, 6) is 0. The molecule has 0 saturated heterocycles. The predicted molar refractivity (Wildman–Crippen MR) is 52.6 cm³/mol. The SMILES string of the molecule is CCN(CC)CCNC(N)=S. The molecule has 0 aromatic rings. The van der Waals surface area contributed by atoms with Crippen molar-refractivity contribution >= 4 is 17.3 Å². The number of nitrogens with one attached hydrogen (secondary N) is 1. The molecular weight excluding hydrogens is 158 g/mol. The lowest BCUT2D eigenvalue weighted by molar-refractivity contribution is 0.308. The summed E-state index contributed by atoms with van der Waals surface area (Å²) in [7, 11) is 0. The van der Waals surface area contributed by atoms with E-state index in [1.54, 1.807) is 0 Å². The zero-order valence-electron chi connectivity index (χ0n) is 7.26. The minimum absolute atomic E-state index is 0.386. The Hall–Kier alpha value is -0.350. The molecule has 0 saturated carbocycles. The van der Waals surface area contributed by atoms with E-state index in [-0.39, 0.29) is 0 Å². The molecule has 0 aromatic heterocycles. The van der Waals surface area contributed by atoms with Gasteiger partial charge in [0.15, 0.2) is 5.11 Å². The fourth-order valence-corrected chi connectivity index (χ4v) is 0.979. The van der Waals surface area contributed by atoms with E-state index in [0.29, 0.717) is 5.11 Å². The summed E-state index contributed by atoms with van der Waals surface area (Å²) in [6.07, 6.45) is 0. The molecule has 4 heteroatoms. The molecule has 0 aliphatic heterocycles. The maximum atomic E-state index is 5.26. The molecule has 0 bridgehead atoms. The molecule has 0 fully saturated rings. The Morgan fingerprint density at radius 2 is 2.00 bits per heavy atom. The van der Waals surface area contributed by atoms with Gasteiger partial charge < -0.3 is 16.0 Å². The highest BCUT2D eigenvalue weighted by molar-refractivity contribution is 7.80. The molecule has 0 aromatic carbocycles. The van der Waals surface area contributed by atoms with E-state index in [2.05, 4.69) is 36.3 Å². The second-order valence-electron chi connectivity index (χ2n) is 2.32. The van der Waals surface area contributed by atoms with E-state index < -0.39 is 0 Å². The highest BCUT2D eigenvalue weighted by atomic mass is 32.1. The van der Waals surface area contributed by atoms with Crippen LogP contribution >= 0.6 is 12.2 Å². The van der Waals surface area contributed by atoms with Crippen LogP contribution in [0.4, 0.5) is 0 Å². The Kier molecular flexibility index (Phi) is 6.16. The molecule has 0 aliphatic carbocycles. The van der Waals surface area contributed by atoms with Crippen molar-refractivity contribution in [3.63, 3.8) is 0 Å². The number of likely N-dealkylation sites (N-methyl/N-ethyl adjacent to an activating group) is 1. The number of hydrogen-bond donors (Lipinski definition) is 2. The molecule has 0 atom stereocenters. The smallest absolute Gasteiger partial charge is 0.163 e. The van der Waals surface area contributed by atoms with Crippen molar-refractivity contribution in [3.8, 4) is 0 Å². The van der Waals surface area contributed by atoms with Crippen LogP contribution in [0.3, 0.4) is 0 Å². The van der Waals surface area contributed by atoms with Crippen molar-refractivity contribution < 1.29 is 0 Å². The molecule has 0 unspecified atom stereocenters. The van der Waals surface area contributed by atoms with E-state index in [1.165, 1.54) is 0 Å². The first-order valence-corrected chi connectivity index (χ1v) is 4.37. The summed E-state index contributed by atoms with van der Waals surface area (Å²) in [6, 6.07) is 0. The maximum absolute atomic E-state index is 5.26. The van der Waals surface area contributed by atoms with Gasteiger partial charge in [-0.1, -0.05) is 13.8 Å². The van der Waals surface area contributed by atoms with Gasteiger partial charge in [-0.2, -0.15) is 0 Å². The van der Waals surface area contributed by atoms with Gasteiger partial charge in [-0.3, -0.25) is 0 Å². The van der Waals surface area contributed by atoms with Crippen LogP contribution in [0.15, 0.2) is 0 Å². The van der Waals surface area contributed by atoms with Gasteiger partial charge in [0, 0.05) is 13.1 Å². The van der Waals surface area contributed by atoms with E-state index in [4.69, 9.17) is 5.73 Å². The first kappa shape index (κ1) is 10.7. The third-order valence-corrected chi connectivity index (χ3v) is 1.77. The third kappa shape index (κ3) is 6.06. The Morgan fingerprint density at radius 3 is 2.36 bits per heavy atom. The van der Waals surface area contributed by atoms with Crippen LogP contribution in [0, 0.1) is 0 Å². The van der Waals surface area contributed by atoms with Crippen LogP contribution in [0.1, 0.15) is 13.8 Å². The van der Waals surface area contributed by atoms with Crippen molar-refractivity contribution in [2.75, 3.05) is 26.2 Å². The lowest BCUT2D eigenvalue weighted by Gasteiger charge is -2.17. The van der Waals surface area contributed by atoms with Crippen LogP contribution in [0.2, 0.25) is 0 Å². The molecule has 0 radical (unpaired) electrons. The van der Waals surface area contributed by atoms with Gasteiger partial charge in [-0.05, 0) is 25.3 Å². The van der Waals surface area contributed by atoms with Crippen molar-refractivity contribution in [2.24, 2.45) is 5.73 Å². The molecule has 3 nitrogen and oxygen atoms in total. The molecule has 0 rings (SSSR count). The quantitative estimate of drug-likeness (QED) is 0.584. The van der Waals surface area contributed by atoms with E-state index in [0.717, 1.165) is 26.2 Å². The molecule has 0 heterocycles. The number of nitrogens with zero attached hydrogens (tertiary/aromatic N) is 1. The van der Waals surface area contributed by atoms with Gasteiger partial charge in [0.05, 0.1) is 0 Å². The number of nitrogens with two attached hydrogens (primary N) is 1. The first-order valence-electron chi connectivity index (χ1n) is 3.96. The largest absolute Gasteiger partial charge is 0.376 e. The summed E-state index contributed by atoms with van der Waals surface area (Å²) in [5, 5.41) is 3.30. The standard InChI is InChI=1S/C7H17N3S/c1-3-10(4-2)6-5-9-7(8)11/h3-6H2,1-2H3,(H3,8,9,11). The zero-order chi connectivity index (χ0) is 8.69. The van der Waals surface area contributed by atoms with Crippen molar-refractivity contribution in [1.29, 1.82) is 0 Å². The Morgan fingerprint density at radius 1 is 1.45 bits per heavy atom. The highest BCUT2D eigenvalue weighted by Crippen LogP contribution is 1.83. The van der Waals surface area contributed by atoms with Crippen molar-refractivity contribution in [3.05, 3.63) is 0 Å². The fourth-order valence-electron chi connectivity index (χ4n) is 0.877. The Bertz CT molecular complexity index is 112. The Labute approximate surface area is 73.9 Å². The molecule has 11 heavy (non-hydrogen) atoms. The summed E-state index contributed by atoms with van der Waals surface area (Å²) < 4.78 is 0. The number of thiocarbonyl (C=S) groups is 1. The second kappa shape index (κ2) is 6.37. The van der Waals surface area contributed by atoms with Gasteiger partial charge in [0.2, 0.25) is 0 Å². The normalized spacial score (nSPS) is 10.1. The summed E-state index contributed by atoms with van der Waals surface area (Å²) in [5.41, 5.74) is 5.26. The molecule has 66 valence electrons. The van der Waals surface area contributed by atoms with Crippen molar-refractivity contribution in [1.82, 2.24) is 10.2 Å². The number of hydrogen-bond acceptors (Lipinski definition) is 2. The van der Waals surface area contributed by atoms with Gasteiger partial charge in [0.25, 0.3) is 0 Å². The Balaban J connectivity index is 3.28. The zero-order valence-corrected chi connectivity index (χ0v) is 8.08. The molecular formula is C7H17N3S. The van der Waals surface area contributed by atoms with Gasteiger partial charge >= 0.3 is 0 Å². The lowest BCUT2D eigenvalue weighted by Crippen LogP contribution is -2.37. The van der Waals surface area contributed by atoms with E-state index in [1.807, 2.05) is 0 Å².